The van der Waals surface area contributed by atoms with Gasteiger partial charge in [-0.3, -0.25) is 9.69 Å². The van der Waals surface area contributed by atoms with Gasteiger partial charge in [-0.15, -0.1) is 0 Å². The van der Waals surface area contributed by atoms with Gasteiger partial charge in [-0.05, 0) is 17.5 Å². The average Bonchev–Trinajstić information content (AvgIpc) is 3.37. The fourth-order valence-electron chi connectivity index (χ4n) is 4.58. The van der Waals surface area contributed by atoms with Gasteiger partial charge >= 0.3 is 6.18 Å². The minimum atomic E-state index is -4.55. The first-order chi connectivity index (χ1) is 15.8. The number of likely N-dealkylation sites (tertiary alicyclic amines) is 1. The number of nitrogens with zero attached hydrogens (tertiary/aromatic N) is 4. The minimum Gasteiger partial charge on any atom is -0.307 e. The fourth-order valence-corrected chi connectivity index (χ4v) is 4.58. The Bertz CT molecular complexity index is 1350. The number of aromatic amines is 1. The molecule has 0 amide bonds. The van der Waals surface area contributed by atoms with Crippen LogP contribution in [0.2, 0.25) is 0 Å². The van der Waals surface area contributed by atoms with E-state index in [2.05, 4.69) is 39.0 Å². The third-order valence-corrected chi connectivity index (χ3v) is 6.18. The first-order valence-electron chi connectivity index (χ1n) is 10.7. The molecule has 6 nitrogen and oxygen atoms in total. The lowest BCUT2D eigenvalue weighted by Gasteiger charge is -2.16. The Kier molecular flexibility index (Phi) is 5.28. The Hall–Kier alpha value is -3.46. The quantitative estimate of drug-likeness (QED) is 0.499. The van der Waals surface area contributed by atoms with Crippen LogP contribution >= 0.6 is 0 Å². The van der Waals surface area contributed by atoms with Crippen LogP contribution in [-0.4, -0.2) is 37.6 Å². The number of hydrogen-bond acceptors (Lipinski definition) is 4. The maximum atomic E-state index is 13.6. The molecule has 0 spiro atoms. The summed E-state index contributed by atoms with van der Waals surface area (Å²) >= 11 is 0. The molecule has 5 rings (SSSR count). The van der Waals surface area contributed by atoms with Crippen LogP contribution < -0.4 is 5.56 Å². The Morgan fingerprint density at radius 1 is 1.06 bits per heavy atom. The fraction of sp³-hybridized carbons (Fsp3) is 0.292. The summed E-state index contributed by atoms with van der Waals surface area (Å²) in [5, 5.41) is 4.57. The summed E-state index contributed by atoms with van der Waals surface area (Å²) in [5.74, 6) is 0.610. The van der Waals surface area contributed by atoms with Crippen molar-refractivity contribution in [3.8, 4) is 11.4 Å². The molecule has 0 aliphatic carbocycles. The third-order valence-electron chi connectivity index (χ3n) is 6.18. The highest BCUT2D eigenvalue weighted by molar-refractivity contribution is 5.65. The molecule has 3 heterocycles. The first-order valence-corrected chi connectivity index (χ1v) is 10.7. The van der Waals surface area contributed by atoms with E-state index in [-0.39, 0.29) is 28.7 Å². The Morgan fingerprint density at radius 2 is 1.79 bits per heavy atom. The van der Waals surface area contributed by atoms with E-state index in [4.69, 9.17) is 0 Å². The van der Waals surface area contributed by atoms with Gasteiger partial charge in [0.15, 0.2) is 11.3 Å². The summed E-state index contributed by atoms with van der Waals surface area (Å²) in [6.45, 7) is 4.39. The zero-order valence-electron chi connectivity index (χ0n) is 17.9. The van der Waals surface area contributed by atoms with Gasteiger partial charge in [0.1, 0.15) is 5.82 Å². The van der Waals surface area contributed by atoms with Gasteiger partial charge in [0.25, 0.3) is 5.56 Å². The van der Waals surface area contributed by atoms with E-state index in [1.54, 1.807) is 0 Å². The second-order valence-corrected chi connectivity index (χ2v) is 8.53. The molecule has 2 unspecified atom stereocenters. The number of hydrogen-bond donors (Lipinski definition) is 1. The lowest BCUT2D eigenvalue weighted by Crippen LogP contribution is -2.23. The number of imidazole rings is 1. The average molecular weight is 453 g/mol. The van der Waals surface area contributed by atoms with Gasteiger partial charge < -0.3 is 4.98 Å². The number of H-pyrrole nitrogens is 1. The molecule has 9 heteroatoms. The number of alkyl halides is 3. The van der Waals surface area contributed by atoms with E-state index in [0.29, 0.717) is 12.4 Å². The summed E-state index contributed by atoms with van der Waals surface area (Å²) < 4.78 is 42.0. The summed E-state index contributed by atoms with van der Waals surface area (Å²) in [6.07, 6.45) is -3.29. The van der Waals surface area contributed by atoms with Crippen molar-refractivity contribution in [2.45, 2.75) is 25.6 Å². The highest BCUT2D eigenvalue weighted by Crippen LogP contribution is 2.36. The molecule has 0 saturated carbocycles. The highest BCUT2D eigenvalue weighted by atomic mass is 19.4. The molecule has 170 valence electrons. The van der Waals surface area contributed by atoms with Gasteiger partial charge in [-0.25, -0.2) is 9.50 Å². The second kappa shape index (κ2) is 8.15. The van der Waals surface area contributed by atoms with Crippen LogP contribution in [0.4, 0.5) is 13.2 Å². The molecule has 4 aromatic rings. The van der Waals surface area contributed by atoms with Crippen LogP contribution in [0, 0.1) is 5.92 Å². The van der Waals surface area contributed by atoms with Crippen LogP contribution in [0.5, 0.6) is 0 Å². The monoisotopic (exact) mass is 453 g/mol. The molecule has 2 aromatic carbocycles. The van der Waals surface area contributed by atoms with Gasteiger partial charge in [0, 0.05) is 31.1 Å². The van der Waals surface area contributed by atoms with Crippen molar-refractivity contribution in [2.75, 3.05) is 13.1 Å². The Balaban J connectivity index is 1.52. The summed E-state index contributed by atoms with van der Waals surface area (Å²) in [6, 6.07) is 15.3. The zero-order valence-corrected chi connectivity index (χ0v) is 17.9. The van der Waals surface area contributed by atoms with Crippen LogP contribution in [0.1, 0.15) is 29.8 Å². The lowest BCUT2D eigenvalue weighted by molar-refractivity contribution is -0.137. The Labute approximate surface area is 187 Å². The van der Waals surface area contributed by atoms with Gasteiger partial charge in [-0.2, -0.15) is 18.3 Å². The molecule has 1 N–H and O–H groups in total. The second-order valence-electron chi connectivity index (χ2n) is 8.53. The van der Waals surface area contributed by atoms with Gasteiger partial charge in [0.05, 0.1) is 11.8 Å². The standard InChI is InChI=1S/C24H22F3N5O/c1-15-12-31(13-16-7-3-2-4-8-16)14-18(15)21-29-23(33)20-11-28-22(32(20)30-21)17-9-5-6-10-19(17)24(25,26)27/h2-11,15,18H,12-14H2,1H3,(H,29,30,33). The molecule has 1 aliphatic heterocycles. The largest absolute Gasteiger partial charge is 0.417 e. The maximum Gasteiger partial charge on any atom is 0.417 e. The summed E-state index contributed by atoms with van der Waals surface area (Å²) in [5.41, 5.74) is -0.0407. The van der Waals surface area contributed by atoms with E-state index in [0.717, 1.165) is 19.2 Å². The van der Waals surface area contributed by atoms with Crippen molar-refractivity contribution < 1.29 is 13.2 Å². The SMILES string of the molecule is CC1CN(Cc2ccccc2)CC1c1nn2c(-c3ccccc3C(F)(F)F)ncc2c(=O)[nH]1. The van der Waals surface area contributed by atoms with E-state index in [9.17, 15) is 18.0 Å². The Morgan fingerprint density at radius 3 is 2.55 bits per heavy atom. The summed E-state index contributed by atoms with van der Waals surface area (Å²) in [4.78, 5) is 22.0. The van der Waals surface area contributed by atoms with Crippen molar-refractivity contribution >= 4 is 5.52 Å². The smallest absolute Gasteiger partial charge is 0.307 e. The van der Waals surface area contributed by atoms with Crippen LogP contribution in [0.15, 0.2) is 65.6 Å². The normalized spacial score (nSPS) is 19.4. The van der Waals surface area contributed by atoms with Crippen molar-refractivity contribution in [1.82, 2.24) is 24.5 Å². The molecule has 0 radical (unpaired) electrons. The number of halogens is 3. The van der Waals surface area contributed by atoms with Crippen molar-refractivity contribution in [3.05, 3.63) is 88.1 Å². The minimum absolute atomic E-state index is 0.00272. The van der Waals surface area contributed by atoms with E-state index >= 15 is 0 Å². The van der Waals surface area contributed by atoms with E-state index in [1.807, 2.05) is 18.2 Å². The lowest BCUT2D eigenvalue weighted by atomic mass is 9.97. The van der Waals surface area contributed by atoms with Gasteiger partial charge in [0.2, 0.25) is 0 Å². The van der Waals surface area contributed by atoms with Crippen LogP contribution in [0.25, 0.3) is 16.9 Å². The molecule has 0 bridgehead atoms. The van der Waals surface area contributed by atoms with Crippen LogP contribution in [-0.2, 0) is 12.7 Å². The molecule has 1 aliphatic rings. The number of fused-ring (bicyclic) bond motifs is 1. The maximum absolute atomic E-state index is 13.6. The zero-order chi connectivity index (χ0) is 23.2. The molecule has 1 fully saturated rings. The number of nitrogens with one attached hydrogen (secondary N) is 1. The molecule has 2 atom stereocenters. The highest BCUT2D eigenvalue weighted by Gasteiger charge is 2.36. The topological polar surface area (TPSA) is 66.3 Å². The van der Waals surface area contributed by atoms with Crippen molar-refractivity contribution in [2.24, 2.45) is 5.92 Å². The van der Waals surface area contributed by atoms with E-state index < -0.39 is 17.3 Å². The molecule has 33 heavy (non-hydrogen) atoms. The van der Waals surface area contributed by atoms with Crippen molar-refractivity contribution in [1.29, 1.82) is 0 Å². The number of aromatic nitrogens is 4. The number of benzene rings is 2. The summed E-state index contributed by atoms with van der Waals surface area (Å²) in [7, 11) is 0. The van der Waals surface area contributed by atoms with Crippen LogP contribution in [0.3, 0.4) is 0 Å². The molecular weight excluding hydrogens is 431 g/mol. The predicted octanol–water partition coefficient (Wildman–Crippen LogP) is 4.34. The van der Waals surface area contributed by atoms with Crippen molar-refractivity contribution in [3.63, 3.8) is 0 Å². The molecular formula is C24H22F3N5O. The molecule has 2 aromatic heterocycles. The molecule has 1 saturated heterocycles. The van der Waals surface area contributed by atoms with Gasteiger partial charge in [-0.1, -0.05) is 55.5 Å². The first kappa shape index (κ1) is 21.4. The third kappa shape index (κ3) is 4.04. The predicted molar refractivity (Wildman–Crippen MR) is 118 cm³/mol. The van der Waals surface area contributed by atoms with E-state index in [1.165, 1.54) is 34.5 Å². The number of rotatable bonds is 4.